The van der Waals surface area contributed by atoms with E-state index in [4.69, 9.17) is 20.7 Å². The number of amides is 1. The highest BCUT2D eigenvalue weighted by Gasteiger charge is 2.18. The lowest BCUT2D eigenvalue weighted by molar-refractivity contribution is -0.103. The summed E-state index contributed by atoms with van der Waals surface area (Å²) in [5, 5.41) is 30.5. The van der Waals surface area contributed by atoms with Crippen LogP contribution in [-0.2, 0) is 11.5 Å². The minimum atomic E-state index is -1.20. The third-order valence-corrected chi connectivity index (χ3v) is 1.97. The molecule has 1 aromatic heterocycles. The minimum absolute atomic E-state index is 0.136. The second-order valence-corrected chi connectivity index (χ2v) is 3.24. The van der Waals surface area contributed by atoms with Gasteiger partial charge in [0.25, 0.3) is 5.91 Å². The van der Waals surface area contributed by atoms with Gasteiger partial charge in [-0.3, -0.25) is 4.79 Å². The largest absolute Gasteiger partial charge is 0.394 e. The van der Waals surface area contributed by atoms with Gasteiger partial charge in [0.05, 0.1) is 13.2 Å². The third-order valence-electron chi connectivity index (χ3n) is 1.97. The van der Waals surface area contributed by atoms with Crippen LogP contribution in [0.3, 0.4) is 0 Å². The maximum Gasteiger partial charge on any atom is 0.288 e. The number of carbonyl (C=O) groups is 1. The molecule has 96 valence electrons. The van der Waals surface area contributed by atoms with Crippen molar-refractivity contribution in [2.24, 2.45) is 5.73 Å². The smallest absolute Gasteiger partial charge is 0.288 e. The number of hydrogen-bond acceptors (Lipinski definition) is 7. The lowest BCUT2D eigenvalue weighted by Crippen LogP contribution is -2.35. The van der Waals surface area contributed by atoms with Crippen LogP contribution in [0.15, 0.2) is 6.33 Å². The van der Waals surface area contributed by atoms with E-state index in [-0.39, 0.29) is 12.6 Å². The molecular weight excluding hydrogens is 232 g/mol. The summed E-state index contributed by atoms with van der Waals surface area (Å²) in [4.78, 5) is 14.3. The first kappa shape index (κ1) is 13.5. The molecule has 1 aromatic rings. The molecule has 0 aliphatic heterocycles. The molecule has 0 saturated carbocycles. The topological polar surface area (TPSA) is 144 Å². The molecule has 0 aromatic carbocycles. The molecule has 0 aliphatic carbocycles. The van der Waals surface area contributed by atoms with Crippen LogP contribution in [0.25, 0.3) is 0 Å². The van der Waals surface area contributed by atoms with Crippen molar-refractivity contribution in [2.75, 3.05) is 13.2 Å². The Morgan fingerprint density at radius 1 is 1.53 bits per heavy atom. The zero-order valence-electron chi connectivity index (χ0n) is 8.93. The molecule has 0 aliphatic rings. The van der Waals surface area contributed by atoms with E-state index in [0.717, 1.165) is 0 Å². The Hall–Kier alpha value is -1.55. The van der Waals surface area contributed by atoms with Gasteiger partial charge in [-0.15, -0.1) is 5.10 Å². The Morgan fingerprint density at radius 3 is 2.71 bits per heavy atom. The number of ether oxygens (including phenoxy) is 1. The van der Waals surface area contributed by atoms with Gasteiger partial charge in [0, 0.05) is 0 Å². The molecule has 0 fully saturated rings. The highest BCUT2D eigenvalue weighted by Crippen LogP contribution is 2.00. The van der Waals surface area contributed by atoms with Crippen LogP contribution in [0.2, 0.25) is 0 Å². The predicted molar refractivity (Wildman–Crippen MR) is 53.6 cm³/mol. The number of aromatic nitrogens is 3. The Balaban J connectivity index is 2.50. The molecule has 1 rings (SSSR count). The molecule has 9 heteroatoms. The molecule has 0 radical (unpaired) electrons. The molecule has 0 unspecified atom stereocenters. The zero-order valence-corrected chi connectivity index (χ0v) is 8.93. The summed E-state index contributed by atoms with van der Waals surface area (Å²) in [6.07, 6.45) is -0.916. The summed E-state index contributed by atoms with van der Waals surface area (Å²) in [7, 11) is 0. The van der Waals surface area contributed by atoms with Crippen molar-refractivity contribution >= 4 is 5.91 Å². The van der Waals surface area contributed by atoms with E-state index in [2.05, 4.69) is 10.1 Å². The Kier molecular flexibility index (Phi) is 4.97. The fraction of sp³-hybridized carbons (Fsp3) is 0.625. The molecule has 1 amide bonds. The van der Waals surface area contributed by atoms with Gasteiger partial charge in [-0.2, -0.15) is 0 Å². The van der Waals surface area contributed by atoms with Gasteiger partial charge in [-0.25, -0.2) is 9.67 Å². The van der Waals surface area contributed by atoms with Crippen LogP contribution in [0, 0.1) is 0 Å². The first-order valence-electron chi connectivity index (χ1n) is 4.79. The molecule has 1 heterocycles. The number of rotatable bonds is 7. The SMILES string of the molecule is NC(=O)c1ncn(CO[C@H](CO)[C@H](O)CO)n1. The summed E-state index contributed by atoms with van der Waals surface area (Å²) in [6.45, 7) is -1.13. The Morgan fingerprint density at radius 2 is 2.24 bits per heavy atom. The third kappa shape index (κ3) is 3.75. The van der Waals surface area contributed by atoms with Gasteiger partial charge in [-0.1, -0.05) is 0 Å². The van der Waals surface area contributed by atoms with Crippen LogP contribution in [-0.4, -0.2) is 61.4 Å². The molecule has 5 N–H and O–H groups in total. The standard InChI is InChI=1S/C8H14N4O5/c9-7(16)8-10-3-12(11-8)4-17-6(2-14)5(15)1-13/h3,5-6,13-15H,1-2,4H2,(H2,9,16)/t5-,6-/m1/s1. The first-order valence-corrected chi connectivity index (χ1v) is 4.79. The summed E-state index contributed by atoms with van der Waals surface area (Å²) in [6, 6.07) is 0. The highest BCUT2D eigenvalue weighted by molar-refractivity contribution is 5.88. The number of primary amides is 1. The first-order chi connectivity index (χ1) is 8.08. The maximum absolute atomic E-state index is 10.7. The van der Waals surface area contributed by atoms with Crippen molar-refractivity contribution in [1.29, 1.82) is 0 Å². The van der Waals surface area contributed by atoms with E-state index < -0.39 is 31.3 Å². The van der Waals surface area contributed by atoms with E-state index in [0.29, 0.717) is 0 Å². The number of carbonyl (C=O) groups excluding carboxylic acids is 1. The molecule has 2 atom stereocenters. The molecule has 0 saturated heterocycles. The number of aliphatic hydroxyl groups is 3. The second kappa shape index (κ2) is 6.25. The highest BCUT2D eigenvalue weighted by atomic mass is 16.5. The maximum atomic E-state index is 10.7. The quantitative estimate of drug-likeness (QED) is 0.403. The van der Waals surface area contributed by atoms with Crippen molar-refractivity contribution in [1.82, 2.24) is 14.8 Å². The summed E-state index contributed by atoms with van der Waals surface area (Å²) >= 11 is 0. The van der Waals surface area contributed by atoms with Crippen molar-refractivity contribution in [3.05, 3.63) is 12.2 Å². The summed E-state index contributed by atoms with van der Waals surface area (Å²) in [5.74, 6) is -0.922. The average molecular weight is 246 g/mol. The lowest BCUT2D eigenvalue weighted by atomic mass is 10.2. The van der Waals surface area contributed by atoms with Gasteiger partial charge in [0.15, 0.2) is 0 Å². The van der Waals surface area contributed by atoms with Crippen LogP contribution in [0.5, 0.6) is 0 Å². The van der Waals surface area contributed by atoms with Crippen LogP contribution in [0.1, 0.15) is 10.6 Å². The summed E-state index contributed by atoms with van der Waals surface area (Å²) in [5.41, 5.74) is 4.95. The average Bonchev–Trinajstić information content (AvgIpc) is 2.78. The molecule has 17 heavy (non-hydrogen) atoms. The van der Waals surface area contributed by atoms with E-state index in [1.807, 2.05) is 0 Å². The van der Waals surface area contributed by atoms with E-state index in [1.165, 1.54) is 11.0 Å². The molecule has 0 spiro atoms. The van der Waals surface area contributed by atoms with Crippen molar-refractivity contribution < 1.29 is 24.9 Å². The molecule has 0 bridgehead atoms. The van der Waals surface area contributed by atoms with Crippen LogP contribution < -0.4 is 5.73 Å². The van der Waals surface area contributed by atoms with Crippen molar-refractivity contribution in [3.8, 4) is 0 Å². The van der Waals surface area contributed by atoms with Gasteiger partial charge < -0.3 is 25.8 Å². The van der Waals surface area contributed by atoms with Gasteiger partial charge in [0.2, 0.25) is 5.82 Å². The van der Waals surface area contributed by atoms with Crippen LogP contribution >= 0.6 is 0 Å². The minimum Gasteiger partial charge on any atom is -0.394 e. The lowest BCUT2D eigenvalue weighted by Gasteiger charge is -2.19. The Bertz CT molecular complexity index is 369. The number of aliphatic hydroxyl groups excluding tert-OH is 3. The fourth-order valence-corrected chi connectivity index (χ4v) is 1.04. The van der Waals surface area contributed by atoms with Crippen molar-refractivity contribution in [2.45, 2.75) is 18.9 Å². The van der Waals surface area contributed by atoms with Gasteiger partial charge >= 0.3 is 0 Å². The monoisotopic (exact) mass is 246 g/mol. The molecule has 9 nitrogen and oxygen atoms in total. The van der Waals surface area contributed by atoms with Gasteiger partial charge in [0.1, 0.15) is 25.3 Å². The number of nitrogens with two attached hydrogens (primary N) is 1. The van der Waals surface area contributed by atoms with Gasteiger partial charge in [-0.05, 0) is 0 Å². The van der Waals surface area contributed by atoms with E-state index in [1.54, 1.807) is 0 Å². The van der Waals surface area contributed by atoms with Crippen LogP contribution in [0.4, 0.5) is 0 Å². The van der Waals surface area contributed by atoms with E-state index >= 15 is 0 Å². The number of hydrogen-bond donors (Lipinski definition) is 4. The molecular formula is C8H14N4O5. The fourth-order valence-electron chi connectivity index (χ4n) is 1.04. The normalized spacial score (nSPS) is 14.5. The van der Waals surface area contributed by atoms with Crippen molar-refractivity contribution in [3.63, 3.8) is 0 Å². The zero-order chi connectivity index (χ0) is 12.8. The summed E-state index contributed by atoms with van der Waals surface area (Å²) < 4.78 is 6.24. The Labute approximate surface area is 96.4 Å². The predicted octanol–water partition coefficient (Wildman–Crippen LogP) is -2.93. The number of nitrogens with zero attached hydrogens (tertiary/aromatic N) is 3. The second-order valence-electron chi connectivity index (χ2n) is 3.24. The van der Waals surface area contributed by atoms with E-state index in [9.17, 15) is 9.90 Å².